The van der Waals surface area contributed by atoms with E-state index in [1.165, 1.54) is 11.9 Å². The lowest BCUT2D eigenvalue weighted by atomic mass is 9.97. The Morgan fingerprint density at radius 3 is 2.35 bits per heavy atom. The van der Waals surface area contributed by atoms with E-state index in [-0.39, 0.29) is 22.9 Å². The summed E-state index contributed by atoms with van der Waals surface area (Å²) in [5.74, 6) is 1.84. The summed E-state index contributed by atoms with van der Waals surface area (Å²) in [6.07, 6.45) is 4.62. The van der Waals surface area contributed by atoms with Crippen LogP contribution in [0, 0.1) is 19.3 Å². The van der Waals surface area contributed by atoms with Crippen molar-refractivity contribution in [2.45, 2.75) is 94.5 Å². The zero-order chi connectivity index (χ0) is 38.4. The molecule has 0 aliphatic rings. The Hall–Kier alpha value is -4.56. The number of carbonyl (C=O) groups is 2. The van der Waals surface area contributed by atoms with E-state index in [1.807, 2.05) is 101 Å². The predicted octanol–water partition coefficient (Wildman–Crippen LogP) is 9.00. The molecule has 12 nitrogen and oxygen atoms in total. The molecular weight excluding hydrogens is 693 g/mol. The maximum atomic E-state index is 13.7. The van der Waals surface area contributed by atoms with E-state index in [9.17, 15) is 9.59 Å². The van der Waals surface area contributed by atoms with Crippen LogP contribution in [0.1, 0.15) is 95.9 Å². The van der Waals surface area contributed by atoms with Crippen LogP contribution in [0.15, 0.2) is 48.7 Å². The van der Waals surface area contributed by atoms with Crippen LogP contribution in [-0.4, -0.2) is 54.6 Å². The van der Waals surface area contributed by atoms with Gasteiger partial charge in [0, 0.05) is 42.6 Å². The molecule has 2 amide bonds. The number of anilines is 4. The lowest BCUT2D eigenvalue weighted by Gasteiger charge is -2.20. The summed E-state index contributed by atoms with van der Waals surface area (Å²) in [4.78, 5) is 36.0. The third-order valence-electron chi connectivity index (χ3n) is 7.63. The van der Waals surface area contributed by atoms with Crippen LogP contribution < -0.4 is 20.7 Å². The quantitative estimate of drug-likeness (QED) is 0.0740. The molecule has 14 heteroatoms. The maximum Gasteiger partial charge on any atom is 0.280 e. The molecule has 5 rings (SSSR count). The Kier molecular flexibility index (Phi) is 16.0. The molecule has 1 aromatic carbocycles. The molecule has 0 aliphatic heterocycles. The monoisotopic (exact) mass is 746 g/mol. The van der Waals surface area contributed by atoms with Crippen molar-refractivity contribution in [1.29, 1.82) is 0 Å². The highest BCUT2D eigenvalue weighted by Crippen LogP contribution is 2.32. The smallest absolute Gasteiger partial charge is 0.280 e. The van der Waals surface area contributed by atoms with E-state index >= 15 is 0 Å². The first-order chi connectivity index (χ1) is 24.9. The van der Waals surface area contributed by atoms with Crippen molar-refractivity contribution < 1.29 is 9.59 Å². The molecule has 4 N–H and O–H groups in total. The number of aryl methyl sites for hydroxylation is 1. The van der Waals surface area contributed by atoms with Crippen LogP contribution in [0.2, 0.25) is 0 Å². The molecule has 4 heterocycles. The largest absolute Gasteiger partial charge is 0.370 e. The van der Waals surface area contributed by atoms with Gasteiger partial charge in [-0.05, 0) is 68.0 Å². The zero-order valence-corrected chi connectivity index (χ0v) is 33.8. The topological polar surface area (TPSA) is 157 Å². The van der Waals surface area contributed by atoms with Crippen molar-refractivity contribution in [2.75, 3.05) is 23.0 Å². The van der Waals surface area contributed by atoms with Crippen LogP contribution in [0.3, 0.4) is 0 Å². The van der Waals surface area contributed by atoms with E-state index in [2.05, 4.69) is 51.1 Å². The molecule has 0 spiro atoms. The summed E-state index contributed by atoms with van der Waals surface area (Å²) in [6, 6.07) is 13.7. The van der Waals surface area contributed by atoms with Crippen molar-refractivity contribution >= 4 is 67.9 Å². The maximum absolute atomic E-state index is 13.7. The number of rotatable bonds is 14. The number of pyridine rings is 1. The summed E-state index contributed by atoms with van der Waals surface area (Å²) >= 11 is 2.88. The van der Waals surface area contributed by atoms with Crippen molar-refractivity contribution in [1.82, 2.24) is 34.7 Å². The van der Waals surface area contributed by atoms with E-state index in [0.29, 0.717) is 35.2 Å². The number of nitrogens with zero attached hydrogens (tertiary/aromatic N) is 7. The molecular formula is C38H54N10O2S2. The summed E-state index contributed by atoms with van der Waals surface area (Å²) in [5.41, 5.74) is 9.88. The number of primary amides is 1. The summed E-state index contributed by atoms with van der Waals surface area (Å²) in [5, 5.41) is 17.6. The molecule has 280 valence electrons. The van der Waals surface area contributed by atoms with Crippen molar-refractivity contribution in [3.8, 4) is 11.1 Å². The molecule has 0 bridgehead atoms. The van der Waals surface area contributed by atoms with Gasteiger partial charge in [0.05, 0.1) is 16.4 Å². The number of aromatic nitrogens is 6. The summed E-state index contributed by atoms with van der Waals surface area (Å²) in [6.45, 7) is 19.2. The molecule has 0 unspecified atom stereocenters. The fraction of sp³-hybridized carbons (Fsp3) is 0.447. The van der Waals surface area contributed by atoms with Gasteiger partial charge in [0.15, 0.2) is 16.8 Å². The van der Waals surface area contributed by atoms with Gasteiger partial charge < -0.3 is 16.0 Å². The van der Waals surface area contributed by atoms with Gasteiger partial charge in [-0.1, -0.05) is 90.3 Å². The van der Waals surface area contributed by atoms with E-state index in [1.54, 1.807) is 17.5 Å². The van der Waals surface area contributed by atoms with E-state index in [0.717, 1.165) is 58.0 Å². The third-order valence-corrected chi connectivity index (χ3v) is 9.40. The molecule has 0 radical (unpaired) electrons. The highest BCUT2D eigenvalue weighted by molar-refractivity contribution is 7.97. The lowest BCUT2D eigenvalue weighted by Crippen LogP contribution is -2.22. The Balaban J connectivity index is 0.00000176. The molecule has 52 heavy (non-hydrogen) atoms. The predicted molar refractivity (Wildman–Crippen MR) is 218 cm³/mol. The molecule has 0 aliphatic carbocycles. The second-order valence-electron chi connectivity index (χ2n) is 12.9. The number of carbonyl (C=O) groups excluding carboxylic acids is 2. The second kappa shape index (κ2) is 19.9. The van der Waals surface area contributed by atoms with E-state index in [4.69, 9.17) is 10.7 Å². The number of amides is 2. The first-order valence-electron chi connectivity index (χ1n) is 17.8. The number of benzene rings is 1. The molecule has 0 fully saturated rings. The number of fused-ring (bicyclic) bond motifs is 1. The van der Waals surface area contributed by atoms with Gasteiger partial charge in [-0.3, -0.25) is 19.0 Å². The molecule has 0 saturated carbocycles. The van der Waals surface area contributed by atoms with Gasteiger partial charge in [0.1, 0.15) is 11.5 Å². The normalized spacial score (nSPS) is 10.9. The number of hydrogen-bond acceptors (Lipinski definition) is 11. The first-order valence-corrected chi connectivity index (χ1v) is 19.6. The fourth-order valence-corrected chi connectivity index (χ4v) is 6.61. The Morgan fingerprint density at radius 1 is 0.942 bits per heavy atom. The van der Waals surface area contributed by atoms with Crippen molar-refractivity contribution in [3.63, 3.8) is 0 Å². The highest BCUT2D eigenvalue weighted by atomic mass is 32.2. The van der Waals surface area contributed by atoms with Crippen LogP contribution in [0.5, 0.6) is 0 Å². The Bertz CT molecular complexity index is 1880. The van der Waals surface area contributed by atoms with E-state index < -0.39 is 0 Å². The number of para-hydroxylation sites is 1. The molecule has 0 saturated heterocycles. The Morgan fingerprint density at radius 2 is 1.67 bits per heavy atom. The molecule has 0 atom stereocenters. The van der Waals surface area contributed by atoms with Crippen molar-refractivity contribution in [2.24, 2.45) is 11.1 Å². The van der Waals surface area contributed by atoms with Crippen LogP contribution in [-0.2, 0) is 11.3 Å². The standard InChI is InChI=1S/C34H42N10O2S2.2C2H6/c1-21-18-29(40-41-31(21)39-33-37-25-12-9-10-13-26(25)48-33)43(6)28-16-15-23(24-19-36-44(22(24)2)20-34(3,4)5)30(38-28)32(46)42-47-17-11-7-8-14-27(35)45;2*1-2/h9-10,12-13,15-16,18-19H,7-8,11,14,17,20H2,1-6H3,(H2,35,45)(H,42,46)(H,37,39,41);2*1-2H3. The first kappa shape index (κ1) is 41.9. The van der Waals surface area contributed by atoms with Gasteiger partial charge in [-0.15, -0.1) is 10.2 Å². The van der Waals surface area contributed by atoms with Crippen LogP contribution >= 0.6 is 23.3 Å². The average Bonchev–Trinajstić information content (AvgIpc) is 3.70. The number of unbranched alkanes of at least 4 members (excludes halogenated alkanes) is 2. The van der Waals surface area contributed by atoms with Gasteiger partial charge in [-0.2, -0.15) is 5.10 Å². The molecule has 5 aromatic rings. The minimum atomic E-state index is -0.303. The van der Waals surface area contributed by atoms with Crippen LogP contribution in [0.25, 0.3) is 21.3 Å². The number of hydrogen-bond donors (Lipinski definition) is 3. The van der Waals surface area contributed by atoms with Crippen LogP contribution in [0.4, 0.5) is 22.6 Å². The van der Waals surface area contributed by atoms with Gasteiger partial charge in [0.25, 0.3) is 5.91 Å². The number of nitrogens with two attached hydrogens (primary N) is 1. The second-order valence-corrected chi connectivity index (χ2v) is 14.8. The Labute approximate surface area is 316 Å². The number of thiazole rings is 1. The van der Waals surface area contributed by atoms with Gasteiger partial charge in [0.2, 0.25) is 5.91 Å². The SMILES string of the molecule is CC.CC.Cc1cc(N(C)c2ccc(-c3cnn(CC(C)(C)C)c3C)c(C(=O)NSCCCCCC(N)=O)n2)nnc1Nc1nc2ccccc2s1. The van der Waals surface area contributed by atoms with Gasteiger partial charge in [-0.25, -0.2) is 9.97 Å². The summed E-state index contributed by atoms with van der Waals surface area (Å²) < 4.78 is 6.03. The highest BCUT2D eigenvalue weighted by Gasteiger charge is 2.23. The number of nitrogens with one attached hydrogen (secondary N) is 2. The van der Waals surface area contributed by atoms with Crippen molar-refractivity contribution in [3.05, 3.63) is 65.6 Å². The average molecular weight is 747 g/mol. The fourth-order valence-electron chi connectivity index (χ4n) is 5.06. The zero-order valence-electron chi connectivity index (χ0n) is 32.2. The lowest BCUT2D eigenvalue weighted by molar-refractivity contribution is -0.118. The molecule has 4 aromatic heterocycles. The third kappa shape index (κ3) is 11.5. The minimum absolute atomic E-state index is 0.0335. The summed E-state index contributed by atoms with van der Waals surface area (Å²) in [7, 11) is 1.85. The minimum Gasteiger partial charge on any atom is -0.370 e. The van der Waals surface area contributed by atoms with Gasteiger partial charge >= 0.3 is 0 Å².